The van der Waals surface area contributed by atoms with Crippen molar-refractivity contribution in [3.05, 3.63) is 69.0 Å². The van der Waals surface area contributed by atoms with Crippen LogP contribution in [0.15, 0.2) is 35.4 Å². The summed E-state index contributed by atoms with van der Waals surface area (Å²) in [5.74, 6) is -2.02. The molecule has 30 heavy (non-hydrogen) atoms. The third kappa shape index (κ3) is 3.70. The number of hydrogen-bond acceptors (Lipinski definition) is 0. The third-order valence-electron chi connectivity index (χ3n) is 6.10. The summed E-state index contributed by atoms with van der Waals surface area (Å²) in [4.78, 5) is 0. The topological polar surface area (TPSA) is 9.86 Å². The molecule has 0 spiro atoms. The summed E-state index contributed by atoms with van der Waals surface area (Å²) in [6.45, 7) is 6.64. The van der Waals surface area contributed by atoms with E-state index in [1.165, 1.54) is 10.8 Å². The zero-order valence-corrected chi connectivity index (χ0v) is 19.5. The SMILES string of the molecule is C[C]1[C](C)[C](C)[C](CC2(F)C(F)=C(F)C(F)C(Cn3ccn(C)[c]3=[Rh][Cl])=C2F)[C]1C. The number of allylic oxidation sites excluding steroid dienone is 4. The van der Waals surface area contributed by atoms with Crippen LogP contribution in [0.1, 0.15) is 34.1 Å². The number of imidazole rings is 1. The van der Waals surface area contributed by atoms with E-state index in [-0.39, 0.29) is 0 Å². The van der Waals surface area contributed by atoms with Crippen LogP contribution in [-0.4, -0.2) is 21.0 Å². The van der Waals surface area contributed by atoms with Crippen LogP contribution >= 0.6 is 9.69 Å². The van der Waals surface area contributed by atoms with Crippen LogP contribution in [0.4, 0.5) is 22.0 Å². The van der Waals surface area contributed by atoms with Gasteiger partial charge >= 0.3 is 185 Å². The molecule has 1 aromatic rings. The first-order valence-electron chi connectivity index (χ1n) is 9.22. The van der Waals surface area contributed by atoms with Crippen molar-refractivity contribution in [2.24, 2.45) is 7.05 Å². The fourth-order valence-corrected chi connectivity index (χ4v) is 5.63. The molecule has 2 aliphatic carbocycles. The minimum atomic E-state index is -3.40. The van der Waals surface area contributed by atoms with E-state index in [9.17, 15) is 13.2 Å². The van der Waals surface area contributed by atoms with Crippen molar-refractivity contribution in [1.82, 2.24) is 9.13 Å². The Labute approximate surface area is 184 Å². The zero-order chi connectivity index (χ0) is 22.5. The average Bonchev–Trinajstić information content (AvgIpc) is 3.16. The number of aromatic nitrogens is 2. The van der Waals surface area contributed by atoms with E-state index in [1.54, 1.807) is 31.7 Å². The second-order valence-corrected chi connectivity index (χ2v) is 9.46. The van der Waals surface area contributed by atoms with Crippen molar-refractivity contribution < 1.29 is 37.6 Å². The van der Waals surface area contributed by atoms with Crippen LogP contribution in [0.25, 0.3) is 0 Å². The average molecular weight is 536 g/mol. The van der Waals surface area contributed by atoms with Gasteiger partial charge in [-0.05, 0) is 0 Å². The Kier molecular flexibility index (Phi) is 6.89. The van der Waals surface area contributed by atoms with E-state index in [0.29, 0.717) is 21.8 Å². The molecule has 1 saturated carbocycles. The monoisotopic (exact) mass is 535 g/mol. The summed E-state index contributed by atoms with van der Waals surface area (Å²) in [6.07, 6.45) is -0.303. The molecule has 0 aliphatic heterocycles. The van der Waals surface area contributed by atoms with Gasteiger partial charge < -0.3 is 0 Å². The first-order valence-corrected chi connectivity index (χ1v) is 12.1. The Morgan fingerprint density at radius 2 is 1.57 bits per heavy atom. The zero-order valence-electron chi connectivity index (χ0n) is 17.1. The fourth-order valence-electron chi connectivity index (χ4n) is 3.90. The molecule has 0 amide bonds. The van der Waals surface area contributed by atoms with Crippen molar-refractivity contribution in [3.8, 4) is 0 Å². The summed E-state index contributed by atoms with van der Waals surface area (Å²) in [5, 5.41) is 0. The number of halogens is 6. The Bertz CT molecular complexity index is 937. The molecule has 2 aliphatic rings. The van der Waals surface area contributed by atoms with Crippen LogP contribution < -0.4 is 0 Å². The molecule has 3 rings (SSSR count). The maximum atomic E-state index is 15.8. The van der Waals surface area contributed by atoms with Crippen LogP contribution in [0.3, 0.4) is 0 Å². The fraction of sp³-hybridized carbons (Fsp3) is 0.429. The summed E-state index contributed by atoms with van der Waals surface area (Å²) < 4.78 is 78.4. The molecule has 1 heterocycles. The summed E-state index contributed by atoms with van der Waals surface area (Å²) in [5.41, 5.74) is -4.17. The number of hydrogen-bond donors (Lipinski definition) is 0. The number of alkyl halides is 2. The number of nitrogens with zero attached hydrogens (tertiary/aromatic N) is 2. The molecule has 2 unspecified atom stereocenters. The summed E-state index contributed by atoms with van der Waals surface area (Å²) in [6, 6.07) is 0. The minimum absolute atomic E-state index is 0.403. The Balaban J connectivity index is 2.04. The van der Waals surface area contributed by atoms with Gasteiger partial charge in [0.2, 0.25) is 0 Å². The number of rotatable bonds is 4. The summed E-state index contributed by atoms with van der Waals surface area (Å²) in [7, 11) is 7.64. The van der Waals surface area contributed by atoms with Crippen LogP contribution in [-0.2, 0) is 29.3 Å². The summed E-state index contributed by atoms with van der Waals surface area (Å²) >= 11 is -0.624. The quantitative estimate of drug-likeness (QED) is 0.313. The first kappa shape index (κ1) is 23.9. The van der Waals surface area contributed by atoms with E-state index in [0.717, 1.165) is 11.8 Å². The Hall–Kier alpha value is -0.747. The van der Waals surface area contributed by atoms with Gasteiger partial charge in [-0.1, -0.05) is 0 Å². The molecule has 0 N–H and O–H groups in total. The van der Waals surface area contributed by atoms with Crippen LogP contribution in [0, 0.1) is 33.6 Å². The molecule has 5 radical (unpaired) electrons. The van der Waals surface area contributed by atoms with Gasteiger partial charge in [-0.15, -0.1) is 0 Å². The first-order chi connectivity index (χ1) is 14.0. The molecule has 167 valence electrons. The van der Waals surface area contributed by atoms with E-state index < -0.39 is 63.5 Å². The number of aryl methyl sites for hydroxylation is 1. The molecule has 1 fully saturated rings. The van der Waals surface area contributed by atoms with Gasteiger partial charge in [0.25, 0.3) is 0 Å². The molecular weight excluding hydrogens is 514 g/mol. The molecule has 9 heteroatoms. The second-order valence-electron chi connectivity index (χ2n) is 7.67. The Morgan fingerprint density at radius 1 is 1.00 bits per heavy atom. The molecule has 2 nitrogen and oxygen atoms in total. The second kappa shape index (κ2) is 8.65. The van der Waals surface area contributed by atoms with Crippen LogP contribution in [0.5, 0.6) is 0 Å². The standard InChI is InChI=1S/C21H22F5N2.ClH.Rh/c1-11-12(2)14(4)15(13(11)3)8-21(26)19(24)16(17(22)18(23)20(21)25)9-28-7-6-27(5)10-28;;/h6-7,17H,8-9H2,1-5H3;1H;/q;;+1/p-1. The van der Waals surface area contributed by atoms with Crippen LogP contribution in [0.2, 0.25) is 0 Å². The molecule has 1 aromatic heterocycles. The van der Waals surface area contributed by atoms with Gasteiger partial charge in [-0.2, -0.15) is 0 Å². The molecule has 0 aromatic carbocycles. The van der Waals surface area contributed by atoms with E-state index in [2.05, 4.69) is 0 Å². The van der Waals surface area contributed by atoms with Gasteiger partial charge in [0.05, 0.1) is 0 Å². The van der Waals surface area contributed by atoms with Gasteiger partial charge in [-0.25, -0.2) is 0 Å². The molecular formula is C21H22ClF5N2Rh. The van der Waals surface area contributed by atoms with E-state index >= 15 is 8.78 Å². The molecule has 0 bridgehead atoms. The van der Waals surface area contributed by atoms with Gasteiger partial charge in [-0.3, -0.25) is 0 Å². The maximum absolute atomic E-state index is 15.8. The van der Waals surface area contributed by atoms with Crippen molar-refractivity contribution in [2.45, 2.75) is 52.5 Å². The van der Waals surface area contributed by atoms with Crippen molar-refractivity contribution in [1.29, 1.82) is 0 Å². The normalized spacial score (nSPS) is 29.7. The third-order valence-corrected chi connectivity index (χ3v) is 8.09. The van der Waals surface area contributed by atoms with E-state index in [4.69, 9.17) is 9.69 Å². The van der Waals surface area contributed by atoms with E-state index in [1.807, 2.05) is 13.8 Å². The predicted octanol–water partition coefficient (Wildman–Crippen LogP) is 6.38. The van der Waals surface area contributed by atoms with Crippen molar-refractivity contribution >= 4 is 9.69 Å². The molecule has 2 atom stereocenters. The van der Waals surface area contributed by atoms with Gasteiger partial charge in [0.15, 0.2) is 0 Å². The molecule has 0 saturated heterocycles. The van der Waals surface area contributed by atoms with Crippen molar-refractivity contribution in [2.75, 3.05) is 0 Å². The van der Waals surface area contributed by atoms with Crippen molar-refractivity contribution in [3.63, 3.8) is 0 Å². The van der Waals surface area contributed by atoms with Gasteiger partial charge in [0, 0.05) is 0 Å². The van der Waals surface area contributed by atoms with Gasteiger partial charge in [0.1, 0.15) is 0 Å². The Morgan fingerprint density at radius 3 is 2.10 bits per heavy atom. The predicted molar refractivity (Wildman–Crippen MR) is 102 cm³/mol.